The minimum atomic E-state index is -1.07. The van der Waals surface area contributed by atoms with Crippen LogP contribution in [0.1, 0.15) is 240 Å². The summed E-state index contributed by atoms with van der Waals surface area (Å²) < 4.78 is 47.3. The van der Waals surface area contributed by atoms with Gasteiger partial charge in [0.1, 0.15) is 70.2 Å². The van der Waals surface area contributed by atoms with E-state index in [1.54, 1.807) is 12.1 Å². The maximum Gasteiger partial charge on any atom is 0.324 e. The molecule has 0 bridgehead atoms. The summed E-state index contributed by atoms with van der Waals surface area (Å²) >= 11 is 4.88. The van der Waals surface area contributed by atoms with E-state index < -0.39 is 55.6 Å². The minimum absolute atomic E-state index is 0.0169. The summed E-state index contributed by atoms with van der Waals surface area (Å²) in [6, 6.07) is 38.1. The molecule has 0 spiro atoms. The van der Waals surface area contributed by atoms with Crippen molar-refractivity contribution in [1.29, 1.82) is 5.26 Å². The van der Waals surface area contributed by atoms with Crippen LogP contribution in [0.3, 0.4) is 0 Å². The zero-order chi connectivity index (χ0) is 99.6. The average molecular weight is 1980 g/mol. The van der Waals surface area contributed by atoms with E-state index in [1.165, 1.54) is 58.4 Å². The van der Waals surface area contributed by atoms with Gasteiger partial charge in [0, 0.05) is 101 Å². The minimum Gasteiger partial charge on any atom is -0.492 e. The predicted octanol–water partition coefficient (Wildman–Crippen LogP) is 20.0. The van der Waals surface area contributed by atoms with Gasteiger partial charge in [0.05, 0.1) is 68.7 Å². The monoisotopic (exact) mass is 1980 g/mol. The number of allylic oxidation sites excluding steroid dienone is 6. The Morgan fingerprint density at radius 2 is 1.45 bits per heavy atom. The number of para-hydroxylation sites is 1. The smallest absolute Gasteiger partial charge is 0.324 e. The summed E-state index contributed by atoms with van der Waals surface area (Å²) in [5.41, 5.74) is 9.03. The molecule has 5 fully saturated rings. The number of carbonyl (C=O) groups is 8. The van der Waals surface area contributed by atoms with Gasteiger partial charge in [-0.15, -0.1) is 28.6 Å². The molecule has 26 nitrogen and oxygen atoms in total. The lowest BCUT2D eigenvalue weighted by Crippen LogP contribution is -2.67. The number of nitrogens with zero attached hydrogens (tertiary/aromatic N) is 5. The third-order valence-electron chi connectivity index (χ3n) is 32.2. The molecular formula is C112H141N10O16S3+. The van der Waals surface area contributed by atoms with Gasteiger partial charge in [-0.3, -0.25) is 38.4 Å². The third kappa shape index (κ3) is 22.6. The molecule has 29 heteroatoms. The molecule has 10 aliphatic rings. The van der Waals surface area contributed by atoms with Crippen molar-refractivity contribution in [3.05, 3.63) is 190 Å². The van der Waals surface area contributed by atoms with E-state index in [1.807, 2.05) is 103 Å². The molecule has 6 aromatic rings. The van der Waals surface area contributed by atoms with Gasteiger partial charge in [-0.2, -0.15) is 21.6 Å². The first-order valence-corrected chi connectivity index (χ1v) is 54.2. The molecule has 2 saturated heterocycles. The Morgan fingerprint density at radius 1 is 0.738 bits per heavy atom. The number of hydrogen-bond acceptors (Lipinski definition) is 22. The molecule has 5 heterocycles. The number of ketones is 1. The Morgan fingerprint density at radius 3 is 2.21 bits per heavy atom. The van der Waals surface area contributed by atoms with Crippen molar-refractivity contribution in [3.63, 3.8) is 0 Å². The third-order valence-corrected chi connectivity index (χ3v) is 36.2. The lowest BCUT2D eigenvalue weighted by molar-refractivity contribution is -0.438. The van der Waals surface area contributed by atoms with Crippen molar-refractivity contribution in [2.75, 3.05) is 69.2 Å². The van der Waals surface area contributed by atoms with Crippen molar-refractivity contribution in [2.24, 2.45) is 50.2 Å². The highest BCUT2D eigenvalue weighted by molar-refractivity contribution is 8.01. The topological polar surface area (TPSA) is 328 Å². The summed E-state index contributed by atoms with van der Waals surface area (Å²) in [6.07, 6.45) is 25.8. The highest BCUT2D eigenvalue weighted by Gasteiger charge is 2.73. The normalized spacial score (nSPS) is 25.7. The summed E-state index contributed by atoms with van der Waals surface area (Å²) in [5, 5.41) is 34.4. The fraction of sp³-hybridized carbons (Fsp3) is 0.554. The number of amides is 5. The molecule has 752 valence electrons. The second-order valence-electron chi connectivity index (χ2n) is 42.6. The van der Waals surface area contributed by atoms with Gasteiger partial charge < -0.3 is 54.4 Å². The van der Waals surface area contributed by atoms with E-state index in [4.69, 9.17) is 38.0 Å². The first kappa shape index (κ1) is 104. The number of ether oxygens (including phenoxy) is 7. The molecule has 3 saturated carbocycles. The molecule has 5 amide bonds. The number of aromatic nitrogens is 3. The van der Waals surface area contributed by atoms with Crippen molar-refractivity contribution in [2.45, 2.75) is 276 Å². The van der Waals surface area contributed by atoms with E-state index in [0.29, 0.717) is 143 Å². The lowest BCUT2D eigenvalue weighted by Gasteiger charge is -2.70. The van der Waals surface area contributed by atoms with E-state index in [0.717, 1.165) is 134 Å². The number of anilines is 1. The molecule has 5 aromatic carbocycles. The average Bonchev–Trinajstić information content (AvgIpc) is 1.21. The number of methoxy groups -OCH3 is 1. The number of esters is 3. The molecule has 4 aliphatic heterocycles. The van der Waals surface area contributed by atoms with Gasteiger partial charge in [-0.1, -0.05) is 133 Å². The fourth-order valence-electron chi connectivity index (χ4n) is 24.6. The van der Waals surface area contributed by atoms with Crippen LogP contribution in [0.15, 0.2) is 167 Å². The van der Waals surface area contributed by atoms with Crippen LogP contribution in [0.5, 0.6) is 17.2 Å². The fourth-order valence-corrected chi connectivity index (χ4v) is 28.0. The molecule has 5 N–H and O–H groups in total. The van der Waals surface area contributed by atoms with Gasteiger partial charge in [-0.25, -0.2) is 15.0 Å². The largest absolute Gasteiger partial charge is 0.492 e. The molecule has 16 rings (SSSR count). The maximum atomic E-state index is 15.6. The molecule has 0 radical (unpaired) electrons. The number of nitriles is 1. The first-order valence-electron chi connectivity index (χ1n) is 51.0. The number of nitrogens with one attached hydrogen (secondary N) is 5. The van der Waals surface area contributed by atoms with Crippen LogP contribution < -0.4 is 41.0 Å². The summed E-state index contributed by atoms with van der Waals surface area (Å²) in [5.74, 6) is 2.59. The summed E-state index contributed by atoms with van der Waals surface area (Å²) in [4.78, 5) is 115. The van der Waals surface area contributed by atoms with Gasteiger partial charge in [0.2, 0.25) is 23.4 Å². The highest BCUT2D eigenvalue weighted by atomic mass is 32.2. The zero-order valence-electron chi connectivity index (χ0n) is 84.0. The Balaban J connectivity index is 0.491. The number of benzene rings is 5. The number of unbranched alkanes of at least 4 members (excludes halogenated alkanes) is 4. The van der Waals surface area contributed by atoms with Crippen LogP contribution in [-0.2, 0) is 82.3 Å². The molecule has 6 aliphatic carbocycles. The molecule has 1 aromatic heterocycles. The number of rotatable bonds is 44. The van der Waals surface area contributed by atoms with Crippen molar-refractivity contribution in [1.82, 2.24) is 36.4 Å². The van der Waals surface area contributed by atoms with Crippen LogP contribution in [0.4, 0.5) is 16.2 Å². The Kier molecular flexibility index (Phi) is 33.0. The van der Waals surface area contributed by atoms with Crippen molar-refractivity contribution in [3.8, 4) is 23.3 Å². The zero-order valence-corrected chi connectivity index (χ0v) is 86.5. The summed E-state index contributed by atoms with van der Waals surface area (Å²) in [6.45, 7) is 27.2. The number of hydroxylamine groups is 1. The van der Waals surface area contributed by atoms with Gasteiger partial charge >= 0.3 is 23.9 Å². The van der Waals surface area contributed by atoms with Crippen molar-refractivity contribution < 1.29 is 80.9 Å². The molecule has 3 unspecified atom stereocenters. The Bertz CT molecular complexity index is 5900. The first-order chi connectivity index (χ1) is 67.7. The van der Waals surface area contributed by atoms with Crippen LogP contribution in [0, 0.1) is 61.6 Å². The van der Waals surface area contributed by atoms with Crippen LogP contribution in [0.2, 0.25) is 0 Å². The maximum absolute atomic E-state index is 15.6. The van der Waals surface area contributed by atoms with E-state index in [-0.39, 0.29) is 94.8 Å². The van der Waals surface area contributed by atoms with E-state index in [2.05, 4.69) is 165 Å². The number of carbonyl (C=O) groups excluding carboxylic acids is 8. The molecular weight excluding hydrogens is 1840 g/mol. The lowest BCUT2D eigenvalue weighted by atomic mass is 9.33. The second kappa shape index (κ2) is 44.9. The van der Waals surface area contributed by atoms with Gasteiger partial charge in [-0.05, 0) is 258 Å². The van der Waals surface area contributed by atoms with Crippen LogP contribution in [-0.4, -0.2) is 171 Å². The standard InChI is InChI=1S/C112H140N10O16S3/c1-71(102(127)135-80-43-38-73(39-44-80)69-134-100-83(67-113)101(138-119-95(126)37-19-14-13-18-36-94(125)115-78-30-16-15-17-31-78)111(11)90(107(100,5)6)48-49-109(9)91(111)65-87(123)97-84-66-106(3,4)50-52-112(84,104(129)131-12)53-51-110(97,109)10)139-61-26-62-140-72(2)103(128)136-81-45-40-76-63-77-29-24-28-75(99(77)137-88(76)64-81)42-47-92-108(7,8)96-82-33-21-20-27-74(82)41-46-86(96)122(92)55-25-32-79-68-121(120-118-79)56-58-133-60-59-132-57-54-114-93(124)35-23-22-34-89-98-85(70-141-89)116-105(130)117-98/h15-17,20-21,27,30-31,33,38-47,63-65,68,71-72,84-85,89-90,97-98,101H,13-14,18-19,22-26,28-29,32,34-37,48-62,66,69-70H2,1-12H3,(H4-,114,115,116,117,119,124,125,126,130)/p+1/b47-42+/t71?,72?,84-,85+,89+,90-,97-,98+,101?,109+,110+,111-,112-/m0/s1. The number of urea groups is 1. The Labute approximate surface area is 842 Å². The number of fused-ring (bicyclic) bond motifs is 13. The van der Waals surface area contributed by atoms with Gasteiger partial charge in [0.15, 0.2) is 11.5 Å². The van der Waals surface area contributed by atoms with Crippen LogP contribution >= 0.6 is 35.3 Å². The highest BCUT2D eigenvalue weighted by Crippen LogP contribution is 2.76. The molecule has 13 atom stereocenters. The number of thioether (sulfide) groups is 3. The van der Waals surface area contributed by atoms with Crippen molar-refractivity contribution >= 4 is 117 Å². The number of aryl methyl sites for hydroxylation is 1. The predicted molar refractivity (Wildman–Crippen MR) is 550 cm³/mol. The van der Waals surface area contributed by atoms with Gasteiger partial charge in [0.25, 0.3) is 0 Å². The molecule has 141 heavy (non-hydrogen) atoms. The SMILES string of the molecule is COC(=O)[C@]12CCC(C)(C)C[C@H]1[C@H]1C(=O)C=C3[C@@]4(C)C(ONC(=O)CCCCCCC(=O)Nc5ccccc5)C(C#N)=C(OCc5ccc(OC(=O)C(C)SCCCSC(C)C(=O)Oc6ccc7c(c6)OC6=C(/C=C/C8=[N+](CCCc9cn(CCOCCOCCNC(=O)CCCC[C@H]%10SC[C@H]%11NC(=O)N[C@H]%11%10)nn9)c9ccc%10ccccc%10c9C8(C)C)CCCC6=C7)cc5)C(C)(C)[C@@H]4CC[C@@]3(C)[C@]1(C)CC2. The number of hydrogen-bond donors (Lipinski definition) is 5. The van der Waals surface area contributed by atoms with E-state index in [9.17, 15) is 38.8 Å². The second-order valence-corrected chi connectivity index (χ2v) is 46.8. The summed E-state index contributed by atoms with van der Waals surface area (Å²) in [7, 11) is 1.46. The Hall–Kier alpha value is -10.4. The van der Waals surface area contributed by atoms with E-state index >= 15 is 4.79 Å². The van der Waals surface area contributed by atoms with Crippen LogP contribution in [0.25, 0.3) is 16.8 Å². The quantitative estimate of drug-likeness (QED) is 0.00592.